The number of ketones is 1. The third-order valence-corrected chi connectivity index (χ3v) is 4.24. The van der Waals surface area contributed by atoms with Crippen molar-refractivity contribution in [2.24, 2.45) is 0 Å². The van der Waals surface area contributed by atoms with Crippen molar-refractivity contribution < 1.29 is 31.9 Å². The number of ether oxygens (including phenoxy) is 1. The van der Waals surface area contributed by atoms with Crippen molar-refractivity contribution in [3.63, 3.8) is 0 Å². The van der Waals surface area contributed by atoms with Gasteiger partial charge in [0, 0.05) is 11.9 Å². The summed E-state index contributed by atoms with van der Waals surface area (Å²) in [4.78, 5) is 24.9. The second-order valence-corrected chi connectivity index (χ2v) is 6.13. The van der Waals surface area contributed by atoms with Crippen LogP contribution in [0.1, 0.15) is 29.8 Å². The summed E-state index contributed by atoms with van der Waals surface area (Å²) in [6.07, 6.45) is 1.37. The number of carbonyl (C=O) groups excluding carboxylic acids is 2. The SMILES string of the molecule is CCOC(=O)/C(=C\Nc1ccc(F)cc1CC)C(=O)c1cc(F)c(F)c(Cl)c1F. The minimum Gasteiger partial charge on any atom is -0.462 e. The van der Waals surface area contributed by atoms with Gasteiger partial charge in [-0.2, -0.15) is 0 Å². The molecule has 0 unspecified atom stereocenters. The standard InChI is InChI=1S/C20H16ClF4NO3/c1-3-10-7-11(22)5-6-15(10)26-9-13(20(28)29-4-2)19(27)12-8-14(23)18(25)16(21)17(12)24/h5-9,26H,3-4H2,1-2H3/b13-9-. The van der Waals surface area contributed by atoms with Crippen LogP contribution in [0, 0.1) is 23.3 Å². The first-order valence-electron chi connectivity index (χ1n) is 8.51. The number of esters is 1. The number of aryl methyl sites for hydroxylation is 1. The van der Waals surface area contributed by atoms with Gasteiger partial charge in [0.15, 0.2) is 17.5 Å². The summed E-state index contributed by atoms with van der Waals surface area (Å²) >= 11 is 5.38. The Morgan fingerprint density at radius 1 is 1.10 bits per heavy atom. The maximum absolute atomic E-state index is 14.2. The molecule has 29 heavy (non-hydrogen) atoms. The zero-order valence-corrected chi connectivity index (χ0v) is 16.2. The number of hydrogen-bond donors (Lipinski definition) is 1. The first-order chi connectivity index (χ1) is 13.7. The van der Waals surface area contributed by atoms with Crippen molar-refractivity contribution in [1.82, 2.24) is 0 Å². The van der Waals surface area contributed by atoms with Crippen LogP contribution < -0.4 is 5.32 Å². The largest absolute Gasteiger partial charge is 0.462 e. The fourth-order valence-electron chi connectivity index (χ4n) is 2.45. The van der Waals surface area contributed by atoms with E-state index in [2.05, 4.69) is 5.32 Å². The summed E-state index contributed by atoms with van der Waals surface area (Å²) in [6, 6.07) is 4.11. The molecular weight excluding hydrogens is 414 g/mol. The number of carbonyl (C=O) groups is 2. The highest BCUT2D eigenvalue weighted by atomic mass is 35.5. The molecule has 0 amide bonds. The molecule has 2 aromatic carbocycles. The molecule has 0 aliphatic heterocycles. The molecule has 0 heterocycles. The lowest BCUT2D eigenvalue weighted by molar-refractivity contribution is -0.138. The van der Waals surface area contributed by atoms with Gasteiger partial charge in [0.05, 0.1) is 12.2 Å². The maximum Gasteiger partial charge on any atom is 0.343 e. The fourth-order valence-corrected chi connectivity index (χ4v) is 2.65. The highest BCUT2D eigenvalue weighted by Gasteiger charge is 2.28. The number of rotatable bonds is 7. The van der Waals surface area contributed by atoms with Crippen molar-refractivity contribution in [3.05, 3.63) is 75.5 Å². The monoisotopic (exact) mass is 429 g/mol. The van der Waals surface area contributed by atoms with E-state index in [0.717, 1.165) is 12.3 Å². The van der Waals surface area contributed by atoms with Gasteiger partial charge in [-0.05, 0) is 43.2 Å². The molecular formula is C20H16ClF4NO3. The molecule has 0 aromatic heterocycles. The van der Waals surface area contributed by atoms with Gasteiger partial charge in [0.1, 0.15) is 16.4 Å². The van der Waals surface area contributed by atoms with Gasteiger partial charge in [0.25, 0.3) is 0 Å². The van der Waals surface area contributed by atoms with Crippen LogP contribution in [-0.4, -0.2) is 18.4 Å². The zero-order chi connectivity index (χ0) is 21.7. The summed E-state index contributed by atoms with van der Waals surface area (Å²) in [7, 11) is 0. The molecule has 0 bridgehead atoms. The van der Waals surface area contributed by atoms with Gasteiger partial charge in [-0.3, -0.25) is 4.79 Å². The van der Waals surface area contributed by atoms with E-state index in [4.69, 9.17) is 16.3 Å². The normalized spacial score (nSPS) is 11.3. The van der Waals surface area contributed by atoms with Gasteiger partial charge in [-0.15, -0.1) is 0 Å². The van der Waals surface area contributed by atoms with Crippen molar-refractivity contribution in [3.8, 4) is 0 Å². The molecule has 2 rings (SSSR count). The first kappa shape index (κ1) is 22.4. The molecule has 0 saturated carbocycles. The Morgan fingerprint density at radius 2 is 1.79 bits per heavy atom. The Kier molecular flexibility index (Phi) is 7.39. The second-order valence-electron chi connectivity index (χ2n) is 5.75. The van der Waals surface area contributed by atoms with Gasteiger partial charge in [-0.1, -0.05) is 18.5 Å². The van der Waals surface area contributed by atoms with E-state index in [1.165, 1.54) is 19.1 Å². The highest BCUT2D eigenvalue weighted by molar-refractivity contribution is 6.32. The summed E-state index contributed by atoms with van der Waals surface area (Å²) in [5.74, 6) is -7.58. The molecule has 0 radical (unpaired) electrons. The summed E-state index contributed by atoms with van der Waals surface area (Å²) in [6.45, 7) is 3.15. The fraction of sp³-hybridized carbons (Fsp3) is 0.200. The van der Waals surface area contributed by atoms with Crippen molar-refractivity contribution in [2.45, 2.75) is 20.3 Å². The Morgan fingerprint density at radius 3 is 2.41 bits per heavy atom. The van der Waals surface area contributed by atoms with E-state index >= 15 is 0 Å². The van der Waals surface area contributed by atoms with E-state index in [0.29, 0.717) is 23.7 Å². The third-order valence-electron chi connectivity index (χ3n) is 3.91. The average Bonchev–Trinajstić information content (AvgIpc) is 2.70. The van der Waals surface area contributed by atoms with Crippen LogP contribution >= 0.6 is 11.6 Å². The molecule has 0 spiro atoms. The van der Waals surface area contributed by atoms with E-state index in [9.17, 15) is 27.2 Å². The molecule has 0 fully saturated rings. The molecule has 1 N–H and O–H groups in total. The Bertz CT molecular complexity index is 992. The summed E-state index contributed by atoms with van der Waals surface area (Å²) in [5.41, 5.74) is -0.699. The zero-order valence-electron chi connectivity index (χ0n) is 15.4. The Balaban J connectivity index is 2.50. The smallest absolute Gasteiger partial charge is 0.343 e. The van der Waals surface area contributed by atoms with Crippen LogP contribution in [0.5, 0.6) is 0 Å². The number of halogens is 5. The molecule has 4 nitrogen and oxygen atoms in total. The quantitative estimate of drug-likeness (QED) is 0.0960. The average molecular weight is 430 g/mol. The molecule has 154 valence electrons. The first-order valence-corrected chi connectivity index (χ1v) is 8.88. The lowest BCUT2D eigenvalue weighted by Gasteiger charge is -2.11. The molecule has 0 saturated heterocycles. The summed E-state index contributed by atoms with van der Waals surface area (Å²) < 4.78 is 59.4. The van der Waals surface area contributed by atoms with Crippen LogP contribution in [0.4, 0.5) is 23.2 Å². The third kappa shape index (κ3) is 4.95. The number of Topliss-reactive ketones (excluding diaryl/α,β-unsaturated/α-hetero) is 1. The van der Waals surface area contributed by atoms with Crippen molar-refractivity contribution in [2.75, 3.05) is 11.9 Å². The van der Waals surface area contributed by atoms with Gasteiger partial charge < -0.3 is 10.1 Å². The predicted octanol–water partition coefficient (Wildman–Crippen LogP) is 5.20. The predicted molar refractivity (Wildman–Crippen MR) is 99.8 cm³/mol. The van der Waals surface area contributed by atoms with Gasteiger partial charge >= 0.3 is 5.97 Å². The van der Waals surface area contributed by atoms with E-state index < -0.39 is 51.2 Å². The maximum atomic E-state index is 14.2. The number of anilines is 1. The van der Waals surface area contributed by atoms with Gasteiger partial charge in [-0.25, -0.2) is 22.4 Å². The van der Waals surface area contributed by atoms with Crippen LogP contribution in [0.25, 0.3) is 0 Å². The van der Waals surface area contributed by atoms with Crippen molar-refractivity contribution in [1.29, 1.82) is 0 Å². The number of benzene rings is 2. The molecule has 9 heteroatoms. The van der Waals surface area contributed by atoms with E-state index in [1.54, 1.807) is 6.92 Å². The van der Waals surface area contributed by atoms with Gasteiger partial charge in [0.2, 0.25) is 5.78 Å². The number of nitrogens with one attached hydrogen (secondary N) is 1. The molecule has 0 atom stereocenters. The van der Waals surface area contributed by atoms with E-state index in [-0.39, 0.29) is 6.61 Å². The Labute approximate surface area is 169 Å². The van der Waals surface area contributed by atoms with Crippen LogP contribution in [0.15, 0.2) is 36.0 Å². The van der Waals surface area contributed by atoms with Crippen LogP contribution in [0.2, 0.25) is 5.02 Å². The lowest BCUT2D eigenvalue weighted by Crippen LogP contribution is -2.19. The molecule has 0 aliphatic carbocycles. The van der Waals surface area contributed by atoms with Crippen LogP contribution in [-0.2, 0) is 16.0 Å². The lowest BCUT2D eigenvalue weighted by atomic mass is 10.0. The topological polar surface area (TPSA) is 55.4 Å². The second kappa shape index (κ2) is 9.56. The Hall–Kier alpha value is -2.87. The minimum absolute atomic E-state index is 0.0960. The molecule has 0 aliphatic rings. The highest BCUT2D eigenvalue weighted by Crippen LogP contribution is 2.27. The minimum atomic E-state index is -1.65. The van der Waals surface area contributed by atoms with Crippen molar-refractivity contribution >= 4 is 29.0 Å². The summed E-state index contributed by atoms with van der Waals surface area (Å²) in [5, 5.41) is 1.46. The van der Waals surface area contributed by atoms with Crippen LogP contribution in [0.3, 0.4) is 0 Å². The van der Waals surface area contributed by atoms with E-state index in [1.807, 2.05) is 0 Å². The molecule has 2 aromatic rings. The number of hydrogen-bond acceptors (Lipinski definition) is 4.